The molecule has 0 N–H and O–H groups in total. The number of rotatable bonds is 5. The van der Waals surface area contributed by atoms with Crippen LogP contribution in [0.25, 0.3) is 0 Å². The molecule has 0 saturated heterocycles. The van der Waals surface area contributed by atoms with Crippen LogP contribution in [0.5, 0.6) is 5.75 Å². The lowest BCUT2D eigenvalue weighted by Gasteiger charge is -2.10. The molecule has 1 rings (SSSR count). The summed E-state index contributed by atoms with van der Waals surface area (Å²) in [4.78, 5) is 12.3. The van der Waals surface area contributed by atoms with E-state index in [9.17, 15) is 4.79 Å². The smallest absolute Gasteiger partial charge is 0.343 e. The van der Waals surface area contributed by atoms with E-state index >= 15 is 0 Å². The van der Waals surface area contributed by atoms with Crippen LogP contribution in [0.1, 0.15) is 30.1 Å². The normalized spacial score (nSPS) is 9.94. The monoisotopic (exact) mass is 240 g/mol. The van der Waals surface area contributed by atoms with Crippen LogP contribution >= 0.6 is 12.6 Å². The molecule has 0 unspecified atom stereocenters. The van der Waals surface area contributed by atoms with Crippen molar-refractivity contribution in [2.45, 2.75) is 24.7 Å². The van der Waals surface area contributed by atoms with Crippen molar-refractivity contribution in [3.63, 3.8) is 0 Å². The second kappa shape index (κ2) is 6.43. The van der Waals surface area contributed by atoms with Gasteiger partial charge in [-0.15, -0.1) is 12.6 Å². The Balaban J connectivity index is 2.81. The van der Waals surface area contributed by atoms with E-state index in [0.29, 0.717) is 22.8 Å². The van der Waals surface area contributed by atoms with Gasteiger partial charge >= 0.3 is 5.97 Å². The fourth-order valence-corrected chi connectivity index (χ4v) is 1.56. The number of hydrogen-bond donors (Lipinski definition) is 1. The molecule has 3 nitrogen and oxygen atoms in total. The summed E-state index contributed by atoms with van der Waals surface area (Å²) >= 11 is 4.23. The van der Waals surface area contributed by atoms with Crippen molar-refractivity contribution in [2.24, 2.45) is 0 Å². The third-order valence-electron chi connectivity index (χ3n) is 2.16. The van der Waals surface area contributed by atoms with Crippen LogP contribution in [0.15, 0.2) is 23.1 Å². The van der Waals surface area contributed by atoms with Gasteiger partial charge in [-0.1, -0.05) is 19.4 Å². The number of methoxy groups -OCH3 is 1. The van der Waals surface area contributed by atoms with Gasteiger partial charge in [0.15, 0.2) is 0 Å². The largest absolute Gasteiger partial charge is 0.496 e. The van der Waals surface area contributed by atoms with Crippen molar-refractivity contribution in [3.8, 4) is 5.75 Å². The van der Waals surface area contributed by atoms with E-state index in [1.807, 2.05) is 6.92 Å². The summed E-state index contributed by atoms with van der Waals surface area (Å²) in [6, 6.07) is 5.24. The van der Waals surface area contributed by atoms with E-state index in [1.54, 1.807) is 18.2 Å². The molecule has 0 aliphatic heterocycles. The van der Waals surface area contributed by atoms with E-state index < -0.39 is 0 Å². The topological polar surface area (TPSA) is 35.5 Å². The summed E-state index contributed by atoms with van der Waals surface area (Å²) in [5.74, 6) is 0.116. The minimum atomic E-state index is -0.379. The molecule has 1 aromatic carbocycles. The van der Waals surface area contributed by atoms with Crippen molar-refractivity contribution in [3.05, 3.63) is 23.8 Å². The molecule has 0 heterocycles. The van der Waals surface area contributed by atoms with Gasteiger partial charge in [0.05, 0.1) is 13.7 Å². The van der Waals surface area contributed by atoms with Crippen LogP contribution in [0.4, 0.5) is 0 Å². The molecule has 0 amide bonds. The molecule has 0 bridgehead atoms. The Morgan fingerprint density at radius 2 is 2.19 bits per heavy atom. The summed E-state index contributed by atoms with van der Waals surface area (Å²) in [6.07, 6.45) is 1.86. The van der Waals surface area contributed by atoms with Gasteiger partial charge in [0.1, 0.15) is 11.3 Å². The summed E-state index contributed by atoms with van der Waals surface area (Å²) in [5.41, 5.74) is 0.393. The minimum absolute atomic E-state index is 0.379. The molecule has 4 heteroatoms. The van der Waals surface area contributed by atoms with Crippen LogP contribution in [0.3, 0.4) is 0 Å². The van der Waals surface area contributed by atoms with Crippen molar-refractivity contribution < 1.29 is 14.3 Å². The van der Waals surface area contributed by atoms with Gasteiger partial charge in [-0.25, -0.2) is 4.79 Å². The average Bonchev–Trinajstić information content (AvgIpc) is 2.28. The molecule has 0 spiro atoms. The maximum Gasteiger partial charge on any atom is 0.343 e. The summed E-state index contributed by atoms with van der Waals surface area (Å²) < 4.78 is 10.2. The van der Waals surface area contributed by atoms with Crippen LogP contribution in [-0.2, 0) is 4.74 Å². The van der Waals surface area contributed by atoms with E-state index in [1.165, 1.54) is 7.11 Å². The zero-order valence-corrected chi connectivity index (χ0v) is 10.4. The first-order chi connectivity index (χ1) is 7.70. The summed E-state index contributed by atoms with van der Waals surface area (Å²) in [7, 11) is 1.52. The number of esters is 1. The quantitative estimate of drug-likeness (QED) is 0.488. The number of benzene rings is 1. The minimum Gasteiger partial charge on any atom is -0.496 e. The van der Waals surface area contributed by atoms with E-state index in [2.05, 4.69) is 12.6 Å². The zero-order valence-electron chi connectivity index (χ0n) is 9.53. The Morgan fingerprint density at radius 3 is 2.81 bits per heavy atom. The molecular formula is C12H16O3S. The van der Waals surface area contributed by atoms with Crippen LogP contribution in [0.2, 0.25) is 0 Å². The van der Waals surface area contributed by atoms with Crippen LogP contribution in [0, 0.1) is 0 Å². The third kappa shape index (κ3) is 3.17. The Hall–Kier alpha value is -1.16. The molecule has 0 saturated carbocycles. The predicted molar refractivity (Wildman–Crippen MR) is 65.4 cm³/mol. The van der Waals surface area contributed by atoms with Gasteiger partial charge in [-0.05, 0) is 18.6 Å². The molecule has 16 heavy (non-hydrogen) atoms. The van der Waals surface area contributed by atoms with Gasteiger partial charge in [-0.2, -0.15) is 0 Å². The molecule has 1 aromatic rings. The van der Waals surface area contributed by atoms with Gasteiger partial charge in [-0.3, -0.25) is 0 Å². The molecule has 0 aliphatic carbocycles. The molecule has 0 aromatic heterocycles. The second-order valence-corrected chi connectivity index (χ2v) is 3.83. The Labute approximate surface area is 101 Å². The number of ether oxygens (including phenoxy) is 2. The Morgan fingerprint density at radius 1 is 1.44 bits per heavy atom. The fraction of sp³-hybridized carbons (Fsp3) is 0.417. The predicted octanol–water partition coefficient (Wildman–Crippen LogP) is 2.94. The highest BCUT2D eigenvalue weighted by molar-refractivity contribution is 7.80. The highest BCUT2D eigenvalue weighted by Crippen LogP contribution is 2.25. The molecule has 0 aliphatic rings. The van der Waals surface area contributed by atoms with Gasteiger partial charge in [0.2, 0.25) is 0 Å². The van der Waals surface area contributed by atoms with Gasteiger partial charge < -0.3 is 9.47 Å². The number of hydrogen-bond acceptors (Lipinski definition) is 4. The van der Waals surface area contributed by atoms with Crippen LogP contribution in [-0.4, -0.2) is 19.7 Å². The number of thiol groups is 1. The lowest BCUT2D eigenvalue weighted by molar-refractivity contribution is 0.0492. The standard InChI is InChI=1S/C12H16O3S/c1-3-4-8-15-12(13)11-9(14-2)6-5-7-10(11)16/h5-7,16H,3-4,8H2,1-2H3. The van der Waals surface area contributed by atoms with Gasteiger partial charge in [0.25, 0.3) is 0 Å². The highest BCUT2D eigenvalue weighted by Gasteiger charge is 2.16. The number of unbranched alkanes of at least 4 members (excludes halogenated alkanes) is 1. The number of carbonyl (C=O) groups excluding carboxylic acids is 1. The second-order valence-electron chi connectivity index (χ2n) is 3.34. The Bertz CT molecular complexity index is 363. The van der Waals surface area contributed by atoms with Crippen molar-refractivity contribution in [1.29, 1.82) is 0 Å². The lowest BCUT2D eigenvalue weighted by Crippen LogP contribution is -2.09. The third-order valence-corrected chi connectivity index (χ3v) is 2.53. The SMILES string of the molecule is CCCCOC(=O)c1c(S)cccc1OC. The molecular weight excluding hydrogens is 224 g/mol. The maximum atomic E-state index is 11.8. The van der Waals surface area contributed by atoms with E-state index in [-0.39, 0.29) is 5.97 Å². The van der Waals surface area contributed by atoms with Crippen molar-refractivity contribution >= 4 is 18.6 Å². The molecule has 0 radical (unpaired) electrons. The van der Waals surface area contributed by atoms with Crippen molar-refractivity contribution in [1.82, 2.24) is 0 Å². The molecule has 0 atom stereocenters. The Kier molecular flexibility index (Phi) is 5.19. The molecule has 88 valence electrons. The van der Waals surface area contributed by atoms with Crippen molar-refractivity contribution in [2.75, 3.05) is 13.7 Å². The molecule has 0 fully saturated rings. The lowest BCUT2D eigenvalue weighted by atomic mass is 10.2. The summed E-state index contributed by atoms with van der Waals surface area (Å²) in [5, 5.41) is 0. The zero-order chi connectivity index (χ0) is 12.0. The first kappa shape index (κ1) is 12.9. The summed E-state index contributed by atoms with van der Waals surface area (Å²) in [6.45, 7) is 2.47. The van der Waals surface area contributed by atoms with E-state index in [4.69, 9.17) is 9.47 Å². The first-order valence-electron chi connectivity index (χ1n) is 5.23. The maximum absolute atomic E-state index is 11.8. The van der Waals surface area contributed by atoms with E-state index in [0.717, 1.165) is 12.8 Å². The van der Waals surface area contributed by atoms with Crippen LogP contribution < -0.4 is 4.74 Å². The average molecular weight is 240 g/mol. The number of carbonyl (C=O) groups is 1. The highest BCUT2D eigenvalue weighted by atomic mass is 32.1. The fourth-order valence-electron chi connectivity index (χ4n) is 1.28. The van der Waals surface area contributed by atoms with Gasteiger partial charge in [0, 0.05) is 4.90 Å². The first-order valence-corrected chi connectivity index (χ1v) is 5.68.